The van der Waals surface area contributed by atoms with E-state index in [1.165, 1.54) is 38.5 Å². The average Bonchev–Trinajstić information content (AvgIpc) is 2.57. The summed E-state index contributed by atoms with van der Waals surface area (Å²) in [4.78, 5) is 23.2. The molecule has 0 saturated heterocycles. The van der Waals surface area contributed by atoms with Crippen molar-refractivity contribution >= 4 is 11.9 Å². The van der Waals surface area contributed by atoms with Crippen LogP contribution < -0.4 is 0 Å². The highest BCUT2D eigenvalue weighted by Crippen LogP contribution is 2.16. The van der Waals surface area contributed by atoms with Gasteiger partial charge in [-0.15, -0.1) is 0 Å². The predicted octanol–water partition coefficient (Wildman–Crippen LogP) is 8.19. The molecule has 0 atom stereocenters. The Morgan fingerprint density at radius 2 is 1.25 bits per heavy atom. The van der Waals surface area contributed by atoms with Crippen LogP contribution in [0, 0.1) is 5.41 Å². The predicted molar refractivity (Wildman–Crippen MR) is 123 cm³/mol. The molecule has 0 unspecified atom stereocenters. The van der Waals surface area contributed by atoms with Gasteiger partial charge in [-0.1, -0.05) is 78.2 Å². The van der Waals surface area contributed by atoms with E-state index in [0.29, 0.717) is 6.42 Å². The van der Waals surface area contributed by atoms with E-state index in [4.69, 9.17) is 4.74 Å². The first kappa shape index (κ1) is 31.3. The third-order valence-electron chi connectivity index (χ3n) is 4.15. The number of hydrogen-bond acceptors (Lipinski definition) is 3. The highest BCUT2D eigenvalue weighted by molar-refractivity contribution is 5.88. The Balaban J connectivity index is -0.00000312. The zero-order valence-electron chi connectivity index (χ0n) is 17.5. The largest absolute Gasteiger partial charge is 0.393 e. The summed E-state index contributed by atoms with van der Waals surface area (Å²) in [6, 6.07) is 0. The Bertz CT molecular complexity index is 428. The molecule has 0 radical (unpaired) electrons. The summed E-state index contributed by atoms with van der Waals surface area (Å²) in [5.41, 5.74) is -0.617. The fraction of sp³-hybridized carbons (Fsp3) is 0.760. The van der Waals surface area contributed by atoms with Crippen molar-refractivity contribution in [3.05, 3.63) is 24.3 Å². The highest BCUT2D eigenvalue weighted by atomic mass is 16.6. The lowest BCUT2D eigenvalue weighted by Crippen LogP contribution is -2.25. The van der Waals surface area contributed by atoms with Gasteiger partial charge in [0.25, 0.3) is 0 Å². The molecule has 0 fully saturated rings. The number of allylic oxidation sites excluding steroid dienone is 4. The fourth-order valence-corrected chi connectivity index (χ4v) is 2.39. The monoisotopic (exact) mass is 396 g/mol. The molecule has 0 aliphatic carbocycles. The minimum atomic E-state index is -0.617. The molecule has 0 aliphatic heterocycles. The zero-order chi connectivity index (χ0) is 19.7. The average molecular weight is 397 g/mol. The van der Waals surface area contributed by atoms with Gasteiger partial charge in [-0.05, 0) is 59.3 Å². The second-order valence-electron chi connectivity index (χ2n) is 7.99. The van der Waals surface area contributed by atoms with Crippen LogP contribution in [0.25, 0.3) is 0 Å². The Labute approximate surface area is 176 Å². The topological polar surface area (TPSA) is 43.4 Å². The number of ether oxygens (including phenoxy) is 1. The summed E-state index contributed by atoms with van der Waals surface area (Å²) in [6.45, 7) is 7.49. The van der Waals surface area contributed by atoms with Crippen molar-refractivity contribution in [3.63, 3.8) is 0 Å². The van der Waals surface area contributed by atoms with Crippen molar-refractivity contribution in [2.45, 2.75) is 120 Å². The van der Waals surface area contributed by atoms with E-state index in [-0.39, 0.29) is 14.9 Å². The molecule has 0 N–H and O–H groups in total. The van der Waals surface area contributed by atoms with E-state index in [1.54, 1.807) is 20.8 Å². The van der Waals surface area contributed by atoms with E-state index < -0.39 is 17.4 Å². The number of rotatable bonds is 14. The summed E-state index contributed by atoms with van der Waals surface area (Å²) in [5.74, 6) is -0.833. The number of unbranched alkanes of at least 4 members (excludes halogenated alkanes) is 8. The van der Waals surface area contributed by atoms with Crippen molar-refractivity contribution < 1.29 is 14.3 Å². The Hall–Kier alpha value is -1.38. The van der Waals surface area contributed by atoms with Crippen LogP contribution in [0.3, 0.4) is 0 Å². The fourth-order valence-electron chi connectivity index (χ4n) is 2.39. The Kier molecular flexibility index (Phi) is 22.8. The lowest BCUT2D eigenvalue weighted by molar-refractivity contribution is -0.165. The normalized spacial score (nSPS) is 11.3. The first-order valence-corrected chi connectivity index (χ1v) is 10.4. The summed E-state index contributed by atoms with van der Waals surface area (Å²) in [5, 5.41) is 0. The van der Waals surface area contributed by atoms with E-state index in [1.807, 2.05) is 0 Å². The van der Waals surface area contributed by atoms with E-state index in [9.17, 15) is 9.59 Å². The maximum absolute atomic E-state index is 11.6. The van der Waals surface area contributed by atoms with Crippen LogP contribution >= 0.6 is 0 Å². The molecule has 0 aromatic heterocycles. The summed E-state index contributed by atoms with van der Waals surface area (Å²) >= 11 is 0. The van der Waals surface area contributed by atoms with Crippen LogP contribution in [0.1, 0.15) is 120 Å². The molecule has 0 bridgehead atoms. The van der Waals surface area contributed by atoms with Gasteiger partial charge in [-0.25, -0.2) is 0 Å². The molecule has 3 nitrogen and oxygen atoms in total. The second kappa shape index (κ2) is 20.4. The lowest BCUT2D eigenvalue weighted by atomic mass is 9.97. The van der Waals surface area contributed by atoms with Gasteiger partial charge in [0.15, 0.2) is 0 Å². The van der Waals surface area contributed by atoms with Crippen LogP contribution in [0.5, 0.6) is 0 Å². The molecule has 0 aliphatic rings. The lowest BCUT2D eigenvalue weighted by Gasteiger charge is -2.15. The standard InChI is InChI=1S/C23H40O3.2CH4/c1-5-6-7-8-9-10-11-12-13-14-15-16-17-18-19-20-21(24)26-22(25)23(2,3)4;;/h9-10,12-13H,5-8,11,14-20H2,1-4H3;2*1H4/b10-9-,13-12-;;. The molecule has 3 heteroatoms. The molecule has 0 heterocycles. The van der Waals surface area contributed by atoms with Crippen molar-refractivity contribution in [1.82, 2.24) is 0 Å². The summed E-state index contributed by atoms with van der Waals surface area (Å²) in [7, 11) is 0. The molecule has 0 saturated carbocycles. The van der Waals surface area contributed by atoms with Crippen molar-refractivity contribution in [2.75, 3.05) is 0 Å². The number of esters is 2. The SMILES string of the molecule is C.C.CCCCC/C=C\C/C=C\CCCCCCCC(=O)OC(=O)C(C)(C)C. The second-order valence-corrected chi connectivity index (χ2v) is 7.99. The Morgan fingerprint density at radius 3 is 1.79 bits per heavy atom. The van der Waals surface area contributed by atoms with Gasteiger partial charge in [0.05, 0.1) is 5.41 Å². The van der Waals surface area contributed by atoms with Gasteiger partial charge in [-0.2, -0.15) is 0 Å². The van der Waals surface area contributed by atoms with E-state index in [2.05, 4.69) is 31.2 Å². The van der Waals surface area contributed by atoms with Gasteiger partial charge in [0.2, 0.25) is 0 Å². The minimum absolute atomic E-state index is 0. The first-order chi connectivity index (χ1) is 12.4. The maximum Gasteiger partial charge on any atom is 0.318 e. The molecular weight excluding hydrogens is 348 g/mol. The zero-order valence-corrected chi connectivity index (χ0v) is 17.5. The Morgan fingerprint density at radius 1 is 0.750 bits per heavy atom. The van der Waals surface area contributed by atoms with Crippen molar-refractivity contribution in [2.24, 2.45) is 5.41 Å². The smallest absolute Gasteiger partial charge is 0.318 e. The highest BCUT2D eigenvalue weighted by Gasteiger charge is 2.25. The number of hydrogen-bond donors (Lipinski definition) is 0. The molecule has 166 valence electrons. The van der Waals surface area contributed by atoms with Crippen LogP contribution in [0.2, 0.25) is 0 Å². The molecule has 28 heavy (non-hydrogen) atoms. The molecule has 0 aromatic rings. The number of carbonyl (C=O) groups is 2. The summed E-state index contributed by atoms with van der Waals surface area (Å²) in [6.07, 6.45) is 22.0. The van der Waals surface area contributed by atoms with Crippen LogP contribution in [0.15, 0.2) is 24.3 Å². The van der Waals surface area contributed by atoms with Gasteiger partial charge in [-0.3, -0.25) is 9.59 Å². The van der Waals surface area contributed by atoms with Gasteiger partial charge in [0.1, 0.15) is 0 Å². The third kappa shape index (κ3) is 20.9. The van der Waals surface area contributed by atoms with E-state index in [0.717, 1.165) is 32.1 Å². The van der Waals surface area contributed by atoms with E-state index >= 15 is 0 Å². The van der Waals surface area contributed by atoms with Crippen LogP contribution in [0.4, 0.5) is 0 Å². The van der Waals surface area contributed by atoms with Crippen LogP contribution in [-0.4, -0.2) is 11.9 Å². The van der Waals surface area contributed by atoms with Crippen molar-refractivity contribution in [3.8, 4) is 0 Å². The van der Waals surface area contributed by atoms with Crippen molar-refractivity contribution in [1.29, 1.82) is 0 Å². The summed E-state index contributed by atoms with van der Waals surface area (Å²) < 4.78 is 4.84. The molecule has 0 rings (SSSR count). The molecule has 0 spiro atoms. The quantitative estimate of drug-likeness (QED) is 0.129. The molecule has 0 amide bonds. The molecular formula is C25H48O3. The van der Waals surface area contributed by atoms with Crippen LogP contribution in [-0.2, 0) is 14.3 Å². The maximum atomic E-state index is 11.6. The number of carbonyl (C=O) groups excluding carboxylic acids is 2. The minimum Gasteiger partial charge on any atom is -0.393 e. The third-order valence-corrected chi connectivity index (χ3v) is 4.15. The van der Waals surface area contributed by atoms with Gasteiger partial charge >= 0.3 is 11.9 Å². The van der Waals surface area contributed by atoms with Gasteiger partial charge < -0.3 is 4.74 Å². The first-order valence-electron chi connectivity index (χ1n) is 10.4. The molecule has 0 aromatic carbocycles. The van der Waals surface area contributed by atoms with Gasteiger partial charge in [0, 0.05) is 6.42 Å².